The molecule has 2 aromatic rings. The summed E-state index contributed by atoms with van der Waals surface area (Å²) in [5.74, 6) is 0. The first-order valence-corrected chi connectivity index (χ1v) is 8.35. The van der Waals surface area contributed by atoms with Crippen molar-refractivity contribution >= 4 is 27.3 Å². The van der Waals surface area contributed by atoms with Crippen LogP contribution in [-0.2, 0) is 17.1 Å². The molecule has 8 heteroatoms. The highest BCUT2D eigenvalue weighted by Gasteiger charge is 2.31. The molecular formula is C14H15ClN4O2S. The van der Waals surface area contributed by atoms with E-state index < -0.39 is 10.0 Å². The van der Waals surface area contributed by atoms with Crippen LogP contribution in [0.25, 0.3) is 0 Å². The molecule has 1 aromatic heterocycles. The summed E-state index contributed by atoms with van der Waals surface area (Å²) < 4.78 is 28.4. The normalized spacial score (nSPS) is 11.2. The smallest absolute Gasteiger partial charge is 0.265 e. The molecule has 0 unspecified atom stereocenters. The van der Waals surface area contributed by atoms with Crippen molar-refractivity contribution < 1.29 is 8.42 Å². The van der Waals surface area contributed by atoms with Crippen molar-refractivity contribution in [1.82, 2.24) is 9.78 Å². The van der Waals surface area contributed by atoms with Crippen LogP contribution >= 0.6 is 11.6 Å². The number of aryl methyl sites for hydroxylation is 2. The molecule has 0 radical (unpaired) electrons. The molecular weight excluding hydrogens is 324 g/mol. The number of sulfonamides is 1. The van der Waals surface area contributed by atoms with E-state index in [0.717, 1.165) is 0 Å². The molecule has 0 saturated carbocycles. The summed E-state index contributed by atoms with van der Waals surface area (Å²) in [6, 6.07) is 10.6. The Labute approximate surface area is 134 Å². The van der Waals surface area contributed by atoms with Crippen molar-refractivity contribution in [3.05, 3.63) is 41.2 Å². The summed E-state index contributed by atoms with van der Waals surface area (Å²) in [4.78, 5) is -0.0292. The molecule has 6 nitrogen and oxygen atoms in total. The molecule has 0 N–H and O–H groups in total. The van der Waals surface area contributed by atoms with Gasteiger partial charge in [-0.3, -0.25) is 8.99 Å². The fourth-order valence-corrected chi connectivity index (χ4v) is 4.33. The number of nitrogens with zero attached hydrogens (tertiary/aromatic N) is 4. The lowest BCUT2D eigenvalue weighted by molar-refractivity contribution is 0.590. The van der Waals surface area contributed by atoms with Crippen LogP contribution in [0.3, 0.4) is 0 Å². The number of benzene rings is 1. The largest absolute Gasteiger partial charge is 0.269 e. The molecule has 22 heavy (non-hydrogen) atoms. The van der Waals surface area contributed by atoms with Crippen molar-refractivity contribution in [3.63, 3.8) is 0 Å². The van der Waals surface area contributed by atoms with Gasteiger partial charge >= 0.3 is 0 Å². The highest BCUT2D eigenvalue weighted by Crippen LogP contribution is 2.30. The standard InChI is InChI=1S/C14H15ClN4O2S/c1-11-13(14(15)18(2)17-11)22(20,21)19(10-6-9-16)12-7-4-3-5-8-12/h3-5,7-8H,6,10H2,1-2H3. The number of rotatable bonds is 5. The molecule has 0 aliphatic carbocycles. The van der Waals surface area contributed by atoms with Gasteiger partial charge in [0.05, 0.1) is 23.9 Å². The number of para-hydroxylation sites is 1. The average molecular weight is 339 g/mol. The minimum absolute atomic E-state index is 0.0292. The van der Waals surface area contributed by atoms with Crippen LogP contribution in [0, 0.1) is 18.3 Å². The second-order valence-electron chi connectivity index (χ2n) is 4.65. The zero-order chi connectivity index (χ0) is 16.3. The number of anilines is 1. The van der Waals surface area contributed by atoms with Gasteiger partial charge in [0, 0.05) is 13.6 Å². The van der Waals surface area contributed by atoms with Crippen LogP contribution in [0.15, 0.2) is 35.2 Å². The highest BCUT2D eigenvalue weighted by atomic mass is 35.5. The second kappa shape index (κ2) is 6.38. The first-order valence-electron chi connectivity index (χ1n) is 6.53. The monoisotopic (exact) mass is 338 g/mol. The maximum atomic E-state index is 13.0. The highest BCUT2D eigenvalue weighted by molar-refractivity contribution is 7.93. The number of nitriles is 1. The molecule has 0 fully saturated rings. The van der Waals surface area contributed by atoms with Crippen LogP contribution in [0.4, 0.5) is 5.69 Å². The average Bonchev–Trinajstić information content (AvgIpc) is 2.73. The van der Waals surface area contributed by atoms with Gasteiger partial charge in [-0.1, -0.05) is 29.8 Å². The van der Waals surface area contributed by atoms with E-state index in [9.17, 15) is 8.42 Å². The van der Waals surface area contributed by atoms with Crippen molar-refractivity contribution in [2.24, 2.45) is 7.05 Å². The van der Waals surface area contributed by atoms with Gasteiger partial charge in [-0.25, -0.2) is 8.42 Å². The number of halogens is 1. The Morgan fingerprint density at radius 1 is 1.36 bits per heavy atom. The third-order valence-electron chi connectivity index (χ3n) is 3.12. The Balaban J connectivity index is 2.57. The maximum Gasteiger partial charge on any atom is 0.269 e. The van der Waals surface area contributed by atoms with Gasteiger partial charge < -0.3 is 0 Å². The zero-order valence-corrected chi connectivity index (χ0v) is 13.8. The molecule has 0 saturated heterocycles. The predicted octanol–water partition coefficient (Wildman–Crippen LogP) is 2.49. The molecule has 0 atom stereocenters. The van der Waals surface area contributed by atoms with Gasteiger partial charge in [-0.2, -0.15) is 10.4 Å². The summed E-state index contributed by atoms with van der Waals surface area (Å²) >= 11 is 6.09. The molecule has 0 aliphatic rings. The lowest BCUT2D eigenvalue weighted by atomic mass is 10.3. The third kappa shape index (κ3) is 2.93. The van der Waals surface area contributed by atoms with Crippen LogP contribution in [0.5, 0.6) is 0 Å². The van der Waals surface area contributed by atoms with E-state index in [1.807, 2.05) is 6.07 Å². The summed E-state index contributed by atoms with van der Waals surface area (Å²) in [5, 5.41) is 12.9. The van der Waals surface area contributed by atoms with Gasteiger partial charge in [0.1, 0.15) is 10.0 Å². The zero-order valence-electron chi connectivity index (χ0n) is 12.2. The van der Waals surface area contributed by atoms with Gasteiger partial charge in [0.25, 0.3) is 10.0 Å². The summed E-state index contributed by atoms with van der Waals surface area (Å²) in [6.45, 7) is 1.64. The van der Waals surface area contributed by atoms with E-state index in [0.29, 0.717) is 11.4 Å². The lowest BCUT2D eigenvalue weighted by Crippen LogP contribution is -2.32. The molecule has 0 aliphatic heterocycles. The summed E-state index contributed by atoms with van der Waals surface area (Å²) in [5.41, 5.74) is 0.808. The molecule has 0 spiro atoms. The van der Waals surface area contributed by atoms with Crippen LogP contribution < -0.4 is 4.31 Å². The van der Waals surface area contributed by atoms with Crippen LogP contribution in [0.2, 0.25) is 5.15 Å². The maximum absolute atomic E-state index is 13.0. The Bertz CT molecular complexity index is 809. The Kier molecular flexibility index (Phi) is 4.74. The van der Waals surface area contributed by atoms with E-state index in [-0.39, 0.29) is 23.0 Å². The van der Waals surface area contributed by atoms with Gasteiger partial charge in [0.2, 0.25) is 0 Å². The van der Waals surface area contributed by atoms with E-state index >= 15 is 0 Å². The second-order valence-corrected chi connectivity index (χ2v) is 6.81. The Morgan fingerprint density at radius 3 is 2.50 bits per heavy atom. The van der Waals surface area contributed by atoms with Crippen molar-refractivity contribution in [2.45, 2.75) is 18.2 Å². The van der Waals surface area contributed by atoms with Crippen LogP contribution in [-0.4, -0.2) is 24.7 Å². The molecule has 1 heterocycles. The Morgan fingerprint density at radius 2 is 2.00 bits per heavy atom. The van der Waals surface area contributed by atoms with Gasteiger partial charge in [-0.15, -0.1) is 0 Å². The molecule has 0 bridgehead atoms. The quantitative estimate of drug-likeness (QED) is 0.839. The van der Waals surface area contributed by atoms with E-state index in [2.05, 4.69) is 5.10 Å². The van der Waals surface area contributed by atoms with Crippen LogP contribution in [0.1, 0.15) is 12.1 Å². The van der Waals surface area contributed by atoms with Crippen molar-refractivity contribution in [3.8, 4) is 6.07 Å². The summed E-state index contributed by atoms with van der Waals surface area (Å²) in [6.07, 6.45) is 0.0745. The minimum atomic E-state index is -3.90. The lowest BCUT2D eigenvalue weighted by Gasteiger charge is -2.23. The summed E-state index contributed by atoms with van der Waals surface area (Å²) in [7, 11) is -2.32. The van der Waals surface area contributed by atoms with E-state index in [4.69, 9.17) is 16.9 Å². The van der Waals surface area contributed by atoms with E-state index in [1.54, 1.807) is 44.3 Å². The number of aromatic nitrogens is 2. The molecule has 116 valence electrons. The fraction of sp³-hybridized carbons (Fsp3) is 0.286. The predicted molar refractivity (Wildman–Crippen MR) is 84.2 cm³/mol. The first-order chi connectivity index (χ1) is 10.4. The SMILES string of the molecule is Cc1nn(C)c(Cl)c1S(=O)(=O)N(CCC#N)c1ccccc1. The Hall–Kier alpha value is -2.04. The minimum Gasteiger partial charge on any atom is -0.265 e. The molecule has 0 amide bonds. The number of hydrogen-bond donors (Lipinski definition) is 0. The van der Waals surface area contributed by atoms with Crippen molar-refractivity contribution in [1.29, 1.82) is 5.26 Å². The first kappa shape index (κ1) is 16.3. The van der Waals surface area contributed by atoms with Gasteiger partial charge in [0.15, 0.2) is 0 Å². The van der Waals surface area contributed by atoms with Crippen molar-refractivity contribution in [2.75, 3.05) is 10.8 Å². The number of hydrogen-bond acceptors (Lipinski definition) is 4. The molecule has 2 rings (SSSR count). The molecule has 1 aromatic carbocycles. The third-order valence-corrected chi connectivity index (χ3v) is 5.64. The van der Waals surface area contributed by atoms with Gasteiger partial charge in [-0.05, 0) is 19.1 Å². The topological polar surface area (TPSA) is 79.0 Å². The fourth-order valence-electron chi connectivity index (χ4n) is 2.15. The van der Waals surface area contributed by atoms with E-state index in [1.165, 1.54) is 8.99 Å².